The number of nitrogens with zero attached hydrogens (tertiary/aromatic N) is 3. The molecule has 0 N–H and O–H groups in total. The van der Waals surface area contributed by atoms with E-state index in [1.807, 2.05) is 38.1 Å². The molecule has 0 aliphatic heterocycles. The molecule has 1 aromatic heterocycles. The number of sulfone groups is 1. The molecule has 0 fully saturated rings. The van der Waals surface area contributed by atoms with Gasteiger partial charge in [0.15, 0.2) is 15.0 Å². The van der Waals surface area contributed by atoms with E-state index in [4.69, 9.17) is 9.72 Å². The highest BCUT2D eigenvalue weighted by atomic mass is 32.2. The second-order valence-electron chi connectivity index (χ2n) is 7.84. The number of carbonyl (C=O) groups is 1. The molecule has 0 aliphatic rings. The van der Waals surface area contributed by atoms with Crippen LogP contribution in [0.1, 0.15) is 18.4 Å². The first kappa shape index (κ1) is 24.2. The fourth-order valence-electron chi connectivity index (χ4n) is 3.35. The second kappa shape index (κ2) is 10.4. The Morgan fingerprint density at radius 1 is 1.09 bits per heavy atom. The molecular formula is C23H29N3O4S2. The highest BCUT2D eigenvalue weighted by molar-refractivity contribution is 7.91. The van der Waals surface area contributed by atoms with Crippen molar-refractivity contribution in [1.82, 2.24) is 9.88 Å². The first-order valence-corrected chi connectivity index (χ1v) is 12.9. The van der Waals surface area contributed by atoms with Crippen molar-refractivity contribution in [2.24, 2.45) is 0 Å². The normalized spacial score (nSPS) is 11.8. The van der Waals surface area contributed by atoms with Gasteiger partial charge in [0, 0.05) is 13.0 Å². The summed E-state index contributed by atoms with van der Waals surface area (Å²) in [5.41, 5.74) is 1.77. The molecule has 0 aliphatic carbocycles. The van der Waals surface area contributed by atoms with E-state index in [1.165, 1.54) is 11.3 Å². The largest absolute Gasteiger partial charge is 0.494 e. The van der Waals surface area contributed by atoms with Gasteiger partial charge in [-0.15, -0.1) is 0 Å². The molecule has 3 aromatic rings. The van der Waals surface area contributed by atoms with Gasteiger partial charge in [0.25, 0.3) is 0 Å². The van der Waals surface area contributed by atoms with Crippen LogP contribution in [0.25, 0.3) is 10.2 Å². The number of methoxy groups -OCH3 is 1. The van der Waals surface area contributed by atoms with Crippen LogP contribution in [0.2, 0.25) is 0 Å². The number of ether oxygens (including phenoxy) is 1. The highest BCUT2D eigenvalue weighted by Crippen LogP contribution is 2.36. The van der Waals surface area contributed by atoms with Crippen LogP contribution in [0.3, 0.4) is 0 Å². The molecule has 0 atom stereocenters. The molecule has 0 unspecified atom stereocenters. The van der Waals surface area contributed by atoms with Gasteiger partial charge < -0.3 is 9.64 Å². The zero-order chi connectivity index (χ0) is 23.3. The van der Waals surface area contributed by atoms with Gasteiger partial charge in [-0.2, -0.15) is 0 Å². The molecule has 9 heteroatoms. The predicted molar refractivity (Wildman–Crippen MR) is 130 cm³/mol. The molecule has 32 heavy (non-hydrogen) atoms. The van der Waals surface area contributed by atoms with Gasteiger partial charge in [0.05, 0.1) is 22.5 Å². The number of fused-ring (bicyclic) bond motifs is 1. The molecule has 0 bridgehead atoms. The van der Waals surface area contributed by atoms with E-state index in [9.17, 15) is 13.2 Å². The average Bonchev–Trinajstić information content (AvgIpc) is 3.22. The van der Waals surface area contributed by atoms with Crippen LogP contribution in [-0.2, 0) is 14.6 Å². The van der Waals surface area contributed by atoms with Crippen molar-refractivity contribution in [3.05, 3.63) is 48.0 Å². The lowest BCUT2D eigenvalue weighted by Crippen LogP contribution is -2.34. The molecule has 0 saturated heterocycles. The van der Waals surface area contributed by atoms with Crippen LogP contribution in [0.15, 0.2) is 47.4 Å². The van der Waals surface area contributed by atoms with E-state index < -0.39 is 9.84 Å². The van der Waals surface area contributed by atoms with Crippen molar-refractivity contribution in [2.75, 3.05) is 44.9 Å². The van der Waals surface area contributed by atoms with Crippen molar-refractivity contribution < 1.29 is 17.9 Å². The summed E-state index contributed by atoms with van der Waals surface area (Å²) in [4.78, 5) is 21.8. The number of benzene rings is 2. The highest BCUT2D eigenvalue weighted by Gasteiger charge is 2.24. The smallest absolute Gasteiger partial charge is 0.229 e. The minimum absolute atomic E-state index is 0.106. The minimum atomic E-state index is -3.54. The Labute approximate surface area is 193 Å². The van der Waals surface area contributed by atoms with Gasteiger partial charge in [-0.3, -0.25) is 9.69 Å². The number of aromatic nitrogens is 1. The van der Waals surface area contributed by atoms with Gasteiger partial charge >= 0.3 is 0 Å². The van der Waals surface area contributed by atoms with Gasteiger partial charge in [-0.1, -0.05) is 35.6 Å². The predicted octanol–water partition coefficient (Wildman–Crippen LogP) is 3.76. The van der Waals surface area contributed by atoms with E-state index in [0.29, 0.717) is 17.4 Å². The lowest BCUT2D eigenvalue weighted by molar-refractivity contribution is -0.118. The average molecular weight is 476 g/mol. The zero-order valence-electron chi connectivity index (χ0n) is 18.9. The maximum atomic E-state index is 13.2. The Bertz CT molecular complexity index is 1170. The first-order valence-electron chi connectivity index (χ1n) is 10.4. The van der Waals surface area contributed by atoms with Crippen molar-refractivity contribution in [2.45, 2.75) is 24.7 Å². The van der Waals surface area contributed by atoms with Crippen LogP contribution in [-0.4, -0.2) is 64.3 Å². The molecule has 0 radical (unpaired) electrons. The maximum absolute atomic E-state index is 13.2. The summed E-state index contributed by atoms with van der Waals surface area (Å²) in [6.07, 6.45) is 0.640. The SMILES string of the molecule is COc1ccc(C)c2sc(N(CCCN(C)C)C(=O)CCS(=O)(=O)c3ccccc3)nc12. The fraction of sp³-hybridized carbons (Fsp3) is 0.391. The summed E-state index contributed by atoms with van der Waals surface area (Å²) < 4.78 is 31.7. The molecule has 3 rings (SSSR count). The third-order valence-corrected chi connectivity index (χ3v) is 8.06. The number of hydrogen-bond acceptors (Lipinski definition) is 7. The molecule has 0 saturated carbocycles. The number of amides is 1. The summed E-state index contributed by atoms with van der Waals surface area (Å²) in [5.74, 6) is 0.159. The Kier molecular flexibility index (Phi) is 7.86. The second-order valence-corrected chi connectivity index (χ2v) is 10.9. The monoisotopic (exact) mass is 475 g/mol. The molecule has 2 aromatic carbocycles. The Hall–Kier alpha value is -2.49. The lowest BCUT2D eigenvalue weighted by Gasteiger charge is -2.21. The van der Waals surface area contributed by atoms with E-state index in [1.54, 1.807) is 42.3 Å². The number of rotatable bonds is 10. The van der Waals surface area contributed by atoms with Crippen molar-refractivity contribution in [3.63, 3.8) is 0 Å². The lowest BCUT2D eigenvalue weighted by atomic mass is 10.2. The maximum Gasteiger partial charge on any atom is 0.229 e. The fourth-order valence-corrected chi connectivity index (χ4v) is 5.70. The van der Waals surface area contributed by atoms with Crippen molar-refractivity contribution >= 4 is 42.4 Å². The number of aryl methyl sites for hydroxylation is 1. The third kappa shape index (κ3) is 5.65. The molecule has 7 nitrogen and oxygen atoms in total. The Morgan fingerprint density at radius 3 is 2.47 bits per heavy atom. The van der Waals surface area contributed by atoms with E-state index >= 15 is 0 Å². The summed E-state index contributed by atoms with van der Waals surface area (Å²) in [6.45, 7) is 3.26. The third-order valence-electron chi connectivity index (χ3n) is 5.12. The van der Waals surface area contributed by atoms with Crippen molar-refractivity contribution in [1.29, 1.82) is 0 Å². The van der Waals surface area contributed by atoms with E-state index in [0.717, 1.165) is 28.7 Å². The number of carbonyl (C=O) groups excluding carboxylic acids is 1. The standard InChI is InChI=1S/C23H29N3O4S2/c1-17-11-12-19(30-4)21-22(17)31-23(24-21)26(15-8-14-25(2)3)20(27)13-16-32(28,29)18-9-6-5-7-10-18/h5-7,9-12H,8,13-16H2,1-4H3. The number of hydrogen-bond donors (Lipinski definition) is 0. The van der Waals surface area contributed by atoms with Crippen LogP contribution < -0.4 is 9.64 Å². The summed E-state index contributed by atoms with van der Waals surface area (Å²) >= 11 is 1.43. The summed E-state index contributed by atoms with van der Waals surface area (Å²) in [6, 6.07) is 12.1. The molecule has 1 heterocycles. The first-order chi connectivity index (χ1) is 15.2. The van der Waals surface area contributed by atoms with Gasteiger partial charge in [0.1, 0.15) is 11.3 Å². The number of thiazole rings is 1. The minimum Gasteiger partial charge on any atom is -0.494 e. The van der Waals surface area contributed by atoms with Crippen molar-refractivity contribution in [3.8, 4) is 5.75 Å². The summed E-state index contributed by atoms with van der Waals surface area (Å²) in [7, 11) is 2.01. The Balaban J connectivity index is 1.86. The van der Waals surface area contributed by atoms with Gasteiger partial charge in [-0.25, -0.2) is 13.4 Å². The van der Waals surface area contributed by atoms with Gasteiger partial charge in [-0.05, 0) is 57.7 Å². The van der Waals surface area contributed by atoms with Crippen LogP contribution in [0, 0.1) is 6.92 Å². The molecule has 0 spiro atoms. The van der Waals surface area contributed by atoms with E-state index in [2.05, 4.69) is 0 Å². The number of anilines is 1. The molecular weight excluding hydrogens is 446 g/mol. The quantitative estimate of drug-likeness (QED) is 0.444. The zero-order valence-corrected chi connectivity index (χ0v) is 20.5. The van der Waals surface area contributed by atoms with Crippen LogP contribution >= 0.6 is 11.3 Å². The Morgan fingerprint density at radius 2 is 1.81 bits per heavy atom. The topological polar surface area (TPSA) is 79.8 Å². The molecule has 1 amide bonds. The summed E-state index contributed by atoms with van der Waals surface area (Å²) in [5, 5.41) is 0.563. The van der Waals surface area contributed by atoms with Crippen LogP contribution in [0.5, 0.6) is 5.75 Å². The van der Waals surface area contributed by atoms with E-state index in [-0.39, 0.29) is 23.0 Å². The molecule has 172 valence electrons. The van der Waals surface area contributed by atoms with Gasteiger partial charge in [0.2, 0.25) is 5.91 Å². The van der Waals surface area contributed by atoms with Crippen LogP contribution in [0.4, 0.5) is 5.13 Å².